The molecule has 1 N–H and O–H groups in total. The van der Waals surface area contributed by atoms with E-state index in [2.05, 4.69) is 5.32 Å². The van der Waals surface area contributed by atoms with Crippen LogP contribution in [0.25, 0.3) is 0 Å². The summed E-state index contributed by atoms with van der Waals surface area (Å²) in [6, 6.07) is 7.56. The van der Waals surface area contributed by atoms with Crippen molar-refractivity contribution >= 4 is 11.7 Å². The largest absolute Gasteiger partial charge is 0.486 e. The Morgan fingerprint density at radius 3 is 2.58 bits per heavy atom. The maximum Gasteiger partial charge on any atom is 0.223 e. The van der Waals surface area contributed by atoms with Crippen molar-refractivity contribution in [2.45, 2.75) is 38.2 Å². The number of ketones is 1. The Kier molecular flexibility index (Phi) is 4.17. The van der Waals surface area contributed by atoms with Crippen LogP contribution in [0.4, 0.5) is 0 Å². The number of nitrogens with one attached hydrogen (secondary N) is 1. The fraction of sp³-hybridized carbons (Fsp3) is 0.579. The summed E-state index contributed by atoms with van der Waals surface area (Å²) in [5, 5.41) is 3.00. The molecule has 2 fully saturated rings. The third kappa shape index (κ3) is 2.99. The molecule has 24 heavy (non-hydrogen) atoms. The van der Waals surface area contributed by atoms with E-state index in [-0.39, 0.29) is 29.8 Å². The maximum atomic E-state index is 12.5. The SMILES string of the molecule is O=C(NC[C@H]1COc2ccccc2O1)C1C[C@@H]2CCC[C@@H](C1)C2=O. The second-order valence-electron chi connectivity index (χ2n) is 7.14. The number of Topliss-reactive ketones (excluding diaryl/α,β-unsaturated/α-hetero) is 1. The lowest BCUT2D eigenvalue weighted by molar-refractivity contribution is -0.137. The van der Waals surface area contributed by atoms with Crippen molar-refractivity contribution < 1.29 is 19.1 Å². The third-order valence-electron chi connectivity index (χ3n) is 5.49. The highest BCUT2D eigenvalue weighted by molar-refractivity contribution is 5.88. The number of para-hydroxylation sites is 2. The molecule has 0 unspecified atom stereocenters. The standard InChI is InChI=1S/C19H23NO4/c21-18-12-4-3-5-13(18)9-14(8-12)19(22)20-10-15-11-23-16-6-1-2-7-17(16)24-15/h1-2,6-7,12-15H,3-5,8-11H2,(H,20,22)/t12-,13-,15-/m0/s1. The van der Waals surface area contributed by atoms with Crippen LogP contribution in [0.1, 0.15) is 32.1 Å². The van der Waals surface area contributed by atoms with Crippen molar-refractivity contribution in [3.05, 3.63) is 24.3 Å². The molecule has 1 aromatic carbocycles. The fourth-order valence-electron chi connectivity index (χ4n) is 4.22. The van der Waals surface area contributed by atoms with Gasteiger partial charge in [-0.25, -0.2) is 0 Å². The van der Waals surface area contributed by atoms with Crippen LogP contribution < -0.4 is 14.8 Å². The highest BCUT2D eigenvalue weighted by atomic mass is 16.6. The predicted molar refractivity (Wildman–Crippen MR) is 87.9 cm³/mol. The molecule has 1 amide bonds. The smallest absolute Gasteiger partial charge is 0.223 e. The molecule has 2 aliphatic carbocycles. The molecule has 1 aromatic rings. The summed E-state index contributed by atoms with van der Waals surface area (Å²) in [6.45, 7) is 0.874. The molecule has 5 heteroatoms. The van der Waals surface area contributed by atoms with E-state index in [4.69, 9.17) is 9.47 Å². The van der Waals surface area contributed by atoms with Gasteiger partial charge in [-0.2, -0.15) is 0 Å². The average Bonchev–Trinajstić information content (AvgIpc) is 2.59. The first-order valence-electron chi connectivity index (χ1n) is 8.90. The molecule has 0 saturated heterocycles. The zero-order valence-electron chi connectivity index (χ0n) is 13.7. The quantitative estimate of drug-likeness (QED) is 0.924. The Labute approximate surface area is 141 Å². The monoisotopic (exact) mass is 329 g/mol. The van der Waals surface area contributed by atoms with Crippen LogP contribution in [0.2, 0.25) is 0 Å². The van der Waals surface area contributed by atoms with Gasteiger partial charge in [0.1, 0.15) is 18.5 Å². The van der Waals surface area contributed by atoms with E-state index in [1.54, 1.807) is 0 Å². The molecule has 3 atom stereocenters. The normalized spacial score (nSPS) is 31.4. The predicted octanol–water partition coefficient (Wildman–Crippen LogP) is 2.34. The van der Waals surface area contributed by atoms with Gasteiger partial charge in [0, 0.05) is 17.8 Å². The zero-order chi connectivity index (χ0) is 16.5. The van der Waals surface area contributed by atoms with Crippen molar-refractivity contribution in [2.75, 3.05) is 13.2 Å². The van der Waals surface area contributed by atoms with Crippen molar-refractivity contribution in [1.82, 2.24) is 5.32 Å². The first-order valence-corrected chi connectivity index (χ1v) is 8.90. The van der Waals surface area contributed by atoms with E-state index >= 15 is 0 Å². The molecule has 1 aliphatic heterocycles. The lowest BCUT2D eigenvalue weighted by Crippen LogP contribution is -2.46. The van der Waals surface area contributed by atoms with E-state index < -0.39 is 0 Å². The summed E-state index contributed by atoms with van der Waals surface area (Å²) in [5.41, 5.74) is 0. The second kappa shape index (κ2) is 6.46. The Morgan fingerprint density at radius 2 is 1.83 bits per heavy atom. The molecule has 1 heterocycles. The van der Waals surface area contributed by atoms with Crippen LogP contribution in [-0.4, -0.2) is 30.9 Å². The fourth-order valence-corrected chi connectivity index (χ4v) is 4.22. The van der Waals surface area contributed by atoms with Crippen LogP contribution in [0.15, 0.2) is 24.3 Å². The molecule has 2 bridgehead atoms. The Hall–Kier alpha value is -2.04. The van der Waals surface area contributed by atoms with Gasteiger partial charge in [0.05, 0.1) is 6.54 Å². The lowest BCUT2D eigenvalue weighted by Gasteiger charge is -2.37. The number of rotatable bonds is 3. The minimum atomic E-state index is -0.173. The van der Waals surface area contributed by atoms with Gasteiger partial charge in [-0.15, -0.1) is 0 Å². The molecule has 3 aliphatic rings. The highest BCUT2D eigenvalue weighted by Gasteiger charge is 2.41. The number of hydrogen-bond donors (Lipinski definition) is 1. The Balaban J connectivity index is 1.31. The Bertz CT molecular complexity index is 628. The van der Waals surface area contributed by atoms with E-state index in [1.165, 1.54) is 0 Å². The van der Waals surface area contributed by atoms with Crippen molar-refractivity contribution in [3.63, 3.8) is 0 Å². The molecular weight excluding hydrogens is 306 g/mol. The number of carbonyl (C=O) groups is 2. The molecule has 128 valence electrons. The average molecular weight is 329 g/mol. The van der Waals surface area contributed by atoms with Crippen LogP contribution in [0.5, 0.6) is 11.5 Å². The van der Waals surface area contributed by atoms with Gasteiger partial charge in [-0.3, -0.25) is 9.59 Å². The number of hydrogen-bond acceptors (Lipinski definition) is 4. The van der Waals surface area contributed by atoms with Gasteiger partial charge in [-0.05, 0) is 37.8 Å². The molecule has 5 nitrogen and oxygen atoms in total. The summed E-state index contributed by atoms with van der Waals surface area (Å²) in [7, 11) is 0. The van der Waals surface area contributed by atoms with E-state index in [0.29, 0.717) is 31.8 Å². The second-order valence-corrected chi connectivity index (χ2v) is 7.14. The summed E-state index contributed by atoms with van der Waals surface area (Å²) in [6.07, 6.45) is 4.29. The van der Waals surface area contributed by atoms with Crippen LogP contribution in [-0.2, 0) is 9.59 Å². The van der Waals surface area contributed by atoms with Gasteiger partial charge >= 0.3 is 0 Å². The minimum absolute atomic E-state index is 0.0326. The minimum Gasteiger partial charge on any atom is -0.486 e. The van der Waals surface area contributed by atoms with E-state index in [1.807, 2.05) is 24.3 Å². The summed E-state index contributed by atoms with van der Waals surface area (Å²) in [5.74, 6) is 2.10. The first kappa shape index (κ1) is 15.5. The summed E-state index contributed by atoms with van der Waals surface area (Å²) >= 11 is 0. The molecule has 0 aromatic heterocycles. The first-order chi connectivity index (χ1) is 11.7. The molecule has 0 radical (unpaired) electrons. The molecular formula is C19H23NO4. The topological polar surface area (TPSA) is 64.6 Å². The van der Waals surface area contributed by atoms with Crippen molar-refractivity contribution in [1.29, 1.82) is 0 Å². The van der Waals surface area contributed by atoms with Crippen molar-refractivity contribution in [2.24, 2.45) is 17.8 Å². The maximum absolute atomic E-state index is 12.5. The summed E-state index contributed by atoms with van der Waals surface area (Å²) in [4.78, 5) is 24.6. The van der Waals surface area contributed by atoms with Gasteiger partial charge in [-0.1, -0.05) is 18.6 Å². The van der Waals surface area contributed by atoms with Gasteiger partial charge in [0.15, 0.2) is 11.5 Å². The van der Waals surface area contributed by atoms with E-state index in [0.717, 1.165) is 30.8 Å². The third-order valence-corrected chi connectivity index (χ3v) is 5.49. The summed E-state index contributed by atoms with van der Waals surface area (Å²) < 4.78 is 11.5. The lowest BCUT2D eigenvalue weighted by atomic mass is 9.67. The van der Waals surface area contributed by atoms with Gasteiger partial charge < -0.3 is 14.8 Å². The van der Waals surface area contributed by atoms with Gasteiger partial charge in [0.2, 0.25) is 5.91 Å². The zero-order valence-corrected chi connectivity index (χ0v) is 13.7. The molecule has 0 spiro atoms. The number of benzene rings is 1. The Morgan fingerprint density at radius 1 is 1.12 bits per heavy atom. The van der Waals surface area contributed by atoms with Crippen LogP contribution in [0, 0.1) is 17.8 Å². The van der Waals surface area contributed by atoms with Crippen LogP contribution in [0.3, 0.4) is 0 Å². The van der Waals surface area contributed by atoms with Crippen molar-refractivity contribution in [3.8, 4) is 11.5 Å². The number of ether oxygens (including phenoxy) is 2. The molecule has 2 saturated carbocycles. The van der Waals surface area contributed by atoms with E-state index in [9.17, 15) is 9.59 Å². The molecule has 4 rings (SSSR count). The number of carbonyl (C=O) groups excluding carboxylic acids is 2. The van der Waals surface area contributed by atoms with Crippen LogP contribution >= 0.6 is 0 Å². The number of fused-ring (bicyclic) bond motifs is 3. The van der Waals surface area contributed by atoms with Gasteiger partial charge in [0.25, 0.3) is 0 Å². The number of amides is 1. The highest BCUT2D eigenvalue weighted by Crippen LogP contribution is 2.40.